The van der Waals surface area contributed by atoms with Crippen LogP contribution < -0.4 is 4.74 Å². The van der Waals surface area contributed by atoms with Crippen LogP contribution in [0.1, 0.15) is 23.6 Å². The Morgan fingerprint density at radius 2 is 1.59 bits per heavy atom. The summed E-state index contributed by atoms with van der Waals surface area (Å²) in [7, 11) is -4.33. The number of hydrogen-bond donors (Lipinski definition) is 1. The summed E-state index contributed by atoms with van der Waals surface area (Å²) in [6, 6.07) is 22.6. The Hall–Kier alpha value is -3.20. The maximum Gasteiger partial charge on any atom is 0.339 e. The van der Waals surface area contributed by atoms with Crippen molar-refractivity contribution in [2.45, 2.75) is 44.0 Å². The zero-order chi connectivity index (χ0) is 24.6. The molecule has 34 heavy (non-hydrogen) atoms. The molecule has 3 aromatic carbocycles. The normalized spacial score (nSPS) is 13.1. The molecule has 0 unspecified atom stereocenters. The Morgan fingerprint density at radius 1 is 0.941 bits per heavy atom. The zero-order valence-electron chi connectivity index (χ0n) is 19.1. The molecule has 0 heterocycles. The molecule has 2 atom stereocenters. The van der Waals surface area contributed by atoms with Crippen LogP contribution in [0.15, 0.2) is 83.8 Å². The van der Waals surface area contributed by atoms with E-state index in [4.69, 9.17) is 13.7 Å². The SMILES string of the molecule is CCOC(=O)[C@H](OS(=O)(=O)c1ccc(C)cc1)[C@@H](O)Cc1ccccc1OCc1ccccc1. The number of aliphatic hydroxyl groups is 1. The minimum absolute atomic E-state index is 0.00671. The lowest BCUT2D eigenvalue weighted by Crippen LogP contribution is -2.40. The molecular weight excluding hydrogens is 456 g/mol. The van der Waals surface area contributed by atoms with E-state index in [2.05, 4.69) is 0 Å². The fraction of sp³-hybridized carbons (Fsp3) is 0.269. The molecule has 0 amide bonds. The Bertz CT molecular complexity index is 1180. The molecule has 0 aliphatic rings. The van der Waals surface area contributed by atoms with Gasteiger partial charge < -0.3 is 14.6 Å². The molecule has 180 valence electrons. The molecule has 0 saturated heterocycles. The van der Waals surface area contributed by atoms with Gasteiger partial charge in [-0.3, -0.25) is 0 Å². The number of hydrogen-bond acceptors (Lipinski definition) is 7. The Kier molecular flexibility index (Phi) is 8.81. The summed E-state index contributed by atoms with van der Waals surface area (Å²) in [6.45, 7) is 3.72. The van der Waals surface area contributed by atoms with Crippen molar-refractivity contribution in [1.29, 1.82) is 0 Å². The first kappa shape index (κ1) is 25.4. The number of para-hydroxylation sites is 1. The van der Waals surface area contributed by atoms with Gasteiger partial charge in [-0.2, -0.15) is 8.42 Å². The van der Waals surface area contributed by atoms with Crippen molar-refractivity contribution in [3.63, 3.8) is 0 Å². The van der Waals surface area contributed by atoms with Crippen molar-refractivity contribution in [3.8, 4) is 5.75 Å². The summed E-state index contributed by atoms with van der Waals surface area (Å²) in [6.07, 6.45) is -3.33. The Balaban J connectivity index is 1.79. The van der Waals surface area contributed by atoms with Gasteiger partial charge in [-0.05, 0) is 43.2 Å². The van der Waals surface area contributed by atoms with Gasteiger partial charge in [-0.15, -0.1) is 0 Å². The number of carbonyl (C=O) groups is 1. The molecule has 3 rings (SSSR count). The third-order valence-electron chi connectivity index (χ3n) is 5.05. The summed E-state index contributed by atoms with van der Waals surface area (Å²) in [5.74, 6) is -0.456. The van der Waals surface area contributed by atoms with Crippen molar-refractivity contribution in [2.24, 2.45) is 0 Å². The second-order valence-electron chi connectivity index (χ2n) is 7.69. The van der Waals surface area contributed by atoms with Crippen LogP contribution in [0.2, 0.25) is 0 Å². The molecule has 0 aliphatic heterocycles. The number of aryl methyl sites for hydroxylation is 1. The van der Waals surface area contributed by atoms with E-state index in [9.17, 15) is 18.3 Å². The van der Waals surface area contributed by atoms with Crippen molar-refractivity contribution in [3.05, 3.63) is 95.6 Å². The average Bonchev–Trinajstić information content (AvgIpc) is 2.83. The van der Waals surface area contributed by atoms with E-state index < -0.39 is 28.3 Å². The quantitative estimate of drug-likeness (QED) is 0.326. The van der Waals surface area contributed by atoms with Crippen LogP contribution >= 0.6 is 0 Å². The molecule has 0 radical (unpaired) electrons. The highest BCUT2D eigenvalue weighted by Gasteiger charge is 2.35. The number of esters is 1. The average molecular weight is 485 g/mol. The lowest BCUT2D eigenvalue weighted by molar-refractivity contribution is -0.156. The number of benzene rings is 3. The van der Waals surface area contributed by atoms with Crippen molar-refractivity contribution in [1.82, 2.24) is 0 Å². The third-order valence-corrected chi connectivity index (χ3v) is 6.36. The van der Waals surface area contributed by atoms with Gasteiger partial charge in [0.25, 0.3) is 10.1 Å². The van der Waals surface area contributed by atoms with E-state index >= 15 is 0 Å². The molecule has 1 N–H and O–H groups in total. The van der Waals surface area contributed by atoms with Gasteiger partial charge >= 0.3 is 5.97 Å². The Labute approximate surface area is 200 Å². The minimum atomic E-state index is -4.33. The molecule has 0 saturated carbocycles. The molecule has 3 aromatic rings. The highest BCUT2D eigenvalue weighted by molar-refractivity contribution is 7.86. The van der Waals surface area contributed by atoms with Gasteiger partial charge in [0.2, 0.25) is 6.10 Å². The fourth-order valence-corrected chi connectivity index (χ4v) is 4.32. The Morgan fingerprint density at radius 3 is 2.26 bits per heavy atom. The summed E-state index contributed by atoms with van der Waals surface area (Å²) in [5, 5.41) is 10.9. The zero-order valence-corrected chi connectivity index (χ0v) is 19.9. The smallest absolute Gasteiger partial charge is 0.339 e. The maximum absolute atomic E-state index is 12.8. The molecule has 0 bridgehead atoms. The van der Waals surface area contributed by atoms with E-state index in [0.717, 1.165) is 11.1 Å². The molecular formula is C26H28O7S. The largest absolute Gasteiger partial charge is 0.489 e. The van der Waals surface area contributed by atoms with Gasteiger partial charge in [-0.25, -0.2) is 8.98 Å². The maximum atomic E-state index is 12.8. The number of aliphatic hydroxyl groups excluding tert-OH is 1. The summed E-state index contributed by atoms with van der Waals surface area (Å²) in [4.78, 5) is 12.4. The molecule has 0 aromatic heterocycles. The van der Waals surface area contributed by atoms with Crippen LogP contribution in [-0.4, -0.2) is 38.3 Å². The van der Waals surface area contributed by atoms with Crippen LogP contribution in [0.3, 0.4) is 0 Å². The number of carbonyl (C=O) groups excluding carboxylic acids is 1. The van der Waals surface area contributed by atoms with Gasteiger partial charge in [0.1, 0.15) is 12.4 Å². The standard InChI is InChI=1S/C26H28O7S/c1-3-31-26(28)25(33-34(29,30)22-15-13-19(2)14-16-22)23(27)17-21-11-7-8-12-24(21)32-18-20-9-5-4-6-10-20/h4-16,23,25,27H,3,17-18H2,1-2H3/t23-,25+/m0/s1. The monoisotopic (exact) mass is 484 g/mol. The van der Waals surface area contributed by atoms with E-state index in [1.165, 1.54) is 12.1 Å². The second kappa shape index (κ2) is 11.8. The lowest BCUT2D eigenvalue weighted by Gasteiger charge is -2.22. The van der Waals surface area contributed by atoms with Crippen molar-refractivity contribution < 1.29 is 32.0 Å². The van der Waals surface area contributed by atoms with Crippen LogP contribution in [0.4, 0.5) is 0 Å². The van der Waals surface area contributed by atoms with Gasteiger partial charge in [0.15, 0.2) is 0 Å². The number of rotatable bonds is 11. The minimum Gasteiger partial charge on any atom is -0.489 e. The highest BCUT2D eigenvalue weighted by atomic mass is 32.2. The van der Waals surface area contributed by atoms with Crippen LogP contribution in [0.5, 0.6) is 5.75 Å². The molecule has 0 aliphatic carbocycles. The molecule has 8 heteroatoms. The molecule has 0 fully saturated rings. The van der Waals surface area contributed by atoms with Crippen LogP contribution in [-0.2, 0) is 36.9 Å². The first-order chi connectivity index (χ1) is 16.3. The molecule has 7 nitrogen and oxygen atoms in total. The third kappa shape index (κ3) is 6.90. The van der Waals surface area contributed by atoms with E-state index in [-0.39, 0.29) is 17.9 Å². The predicted molar refractivity (Wildman–Crippen MR) is 127 cm³/mol. The topological polar surface area (TPSA) is 99.1 Å². The predicted octanol–water partition coefficient (Wildman–Crippen LogP) is 3.81. The van der Waals surface area contributed by atoms with Gasteiger partial charge in [0.05, 0.1) is 17.6 Å². The van der Waals surface area contributed by atoms with E-state index in [1.807, 2.05) is 37.3 Å². The van der Waals surface area contributed by atoms with Gasteiger partial charge in [-0.1, -0.05) is 66.2 Å². The fourth-order valence-electron chi connectivity index (χ4n) is 3.26. The highest BCUT2D eigenvalue weighted by Crippen LogP contribution is 2.24. The second-order valence-corrected chi connectivity index (χ2v) is 9.26. The number of ether oxygens (including phenoxy) is 2. The summed E-state index contributed by atoms with van der Waals surface area (Å²) in [5.41, 5.74) is 2.43. The molecule has 0 spiro atoms. The summed E-state index contributed by atoms with van der Waals surface area (Å²) < 4.78 is 41.6. The van der Waals surface area contributed by atoms with Crippen LogP contribution in [0.25, 0.3) is 0 Å². The first-order valence-corrected chi connectivity index (χ1v) is 12.3. The van der Waals surface area contributed by atoms with Gasteiger partial charge in [0, 0.05) is 6.42 Å². The van der Waals surface area contributed by atoms with E-state index in [0.29, 0.717) is 17.9 Å². The summed E-state index contributed by atoms with van der Waals surface area (Å²) >= 11 is 0. The van der Waals surface area contributed by atoms with Crippen molar-refractivity contribution >= 4 is 16.1 Å². The lowest BCUT2D eigenvalue weighted by atomic mass is 10.0. The van der Waals surface area contributed by atoms with Crippen molar-refractivity contribution in [2.75, 3.05) is 6.61 Å². The van der Waals surface area contributed by atoms with Crippen LogP contribution in [0, 0.1) is 6.92 Å². The first-order valence-electron chi connectivity index (χ1n) is 10.9. The van der Waals surface area contributed by atoms with E-state index in [1.54, 1.807) is 43.3 Å².